The quantitative estimate of drug-likeness (QED) is 0.840. The molecule has 0 radical (unpaired) electrons. The van der Waals surface area contributed by atoms with Crippen molar-refractivity contribution in [1.82, 2.24) is 19.7 Å². The molecule has 0 saturated heterocycles. The minimum absolute atomic E-state index is 0.353. The summed E-state index contributed by atoms with van der Waals surface area (Å²) < 4.78 is 4.38. The zero-order chi connectivity index (χ0) is 14.5. The van der Waals surface area contributed by atoms with E-state index in [2.05, 4.69) is 65.9 Å². The predicted molar refractivity (Wildman–Crippen MR) is 82.9 cm³/mol. The molecule has 1 N–H and O–H groups in total. The molecule has 2 rings (SSSR count). The highest BCUT2D eigenvalue weighted by atomic mass is 15.3. The molecule has 0 aliphatic heterocycles. The standard InChI is InChI=1S/C16H26N4/c1-5-15(6-2)20-11-9-14(18-20)12-19-10-7-8-16(19)13(3)17-4/h7-11,13,15,17H,5-6,12H2,1-4H3. The van der Waals surface area contributed by atoms with Crippen LogP contribution in [0.5, 0.6) is 0 Å². The van der Waals surface area contributed by atoms with Crippen molar-refractivity contribution in [2.75, 3.05) is 7.05 Å². The van der Waals surface area contributed by atoms with Gasteiger partial charge < -0.3 is 9.88 Å². The molecule has 2 aromatic rings. The Balaban J connectivity index is 2.13. The summed E-state index contributed by atoms with van der Waals surface area (Å²) in [6, 6.07) is 7.27. The molecular weight excluding hydrogens is 248 g/mol. The predicted octanol–water partition coefficient (Wildman–Crippen LogP) is 3.37. The second-order valence-electron chi connectivity index (χ2n) is 5.33. The van der Waals surface area contributed by atoms with E-state index in [-0.39, 0.29) is 0 Å². The average Bonchev–Trinajstić information content (AvgIpc) is 3.10. The third kappa shape index (κ3) is 3.12. The maximum atomic E-state index is 4.73. The molecule has 110 valence electrons. The first kappa shape index (κ1) is 14.9. The summed E-state index contributed by atoms with van der Waals surface area (Å²) in [5.41, 5.74) is 2.42. The average molecular weight is 274 g/mol. The van der Waals surface area contributed by atoms with Crippen molar-refractivity contribution >= 4 is 0 Å². The van der Waals surface area contributed by atoms with Gasteiger partial charge in [-0.3, -0.25) is 4.68 Å². The van der Waals surface area contributed by atoms with Gasteiger partial charge in [0, 0.05) is 24.1 Å². The summed E-state index contributed by atoms with van der Waals surface area (Å²) in [4.78, 5) is 0. The maximum Gasteiger partial charge on any atom is 0.0821 e. The van der Waals surface area contributed by atoms with E-state index in [1.807, 2.05) is 7.05 Å². The molecule has 4 nitrogen and oxygen atoms in total. The lowest BCUT2D eigenvalue weighted by molar-refractivity contribution is 0.424. The van der Waals surface area contributed by atoms with Gasteiger partial charge in [0.1, 0.15) is 0 Å². The minimum atomic E-state index is 0.353. The van der Waals surface area contributed by atoms with Crippen LogP contribution in [0.15, 0.2) is 30.6 Å². The van der Waals surface area contributed by atoms with Gasteiger partial charge in [0.2, 0.25) is 0 Å². The van der Waals surface area contributed by atoms with E-state index in [9.17, 15) is 0 Å². The van der Waals surface area contributed by atoms with Crippen LogP contribution in [-0.2, 0) is 6.54 Å². The van der Waals surface area contributed by atoms with Crippen LogP contribution in [0.2, 0.25) is 0 Å². The lowest BCUT2D eigenvalue weighted by Gasteiger charge is -2.15. The van der Waals surface area contributed by atoms with Crippen molar-refractivity contribution in [2.45, 2.75) is 52.2 Å². The van der Waals surface area contributed by atoms with Gasteiger partial charge in [0.05, 0.1) is 18.3 Å². The first-order valence-electron chi connectivity index (χ1n) is 7.55. The molecule has 0 aliphatic carbocycles. The van der Waals surface area contributed by atoms with Crippen LogP contribution in [0.3, 0.4) is 0 Å². The largest absolute Gasteiger partial charge is 0.344 e. The molecule has 0 fully saturated rings. The second-order valence-corrected chi connectivity index (χ2v) is 5.33. The Morgan fingerprint density at radius 1 is 1.20 bits per heavy atom. The monoisotopic (exact) mass is 274 g/mol. The van der Waals surface area contributed by atoms with Crippen molar-refractivity contribution in [2.24, 2.45) is 0 Å². The lowest BCUT2D eigenvalue weighted by atomic mass is 10.2. The molecule has 0 aliphatic rings. The van der Waals surface area contributed by atoms with Crippen LogP contribution in [0, 0.1) is 0 Å². The number of nitrogens with one attached hydrogen (secondary N) is 1. The number of hydrogen-bond donors (Lipinski definition) is 1. The topological polar surface area (TPSA) is 34.8 Å². The SMILES string of the molecule is CCC(CC)n1ccc(Cn2cccc2C(C)NC)n1. The van der Waals surface area contributed by atoms with E-state index in [4.69, 9.17) is 5.10 Å². The fraction of sp³-hybridized carbons (Fsp3) is 0.562. The van der Waals surface area contributed by atoms with Crippen LogP contribution in [0.1, 0.15) is 57.1 Å². The fourth-order valence-corrected chi connectivity index (χ4v) is 2.61. The smallest absolute Gasteiger partial charge is 0.0821 e. The Labute approximate surface area is 121 Å². The highest BCUT2D eigenvalue weighted by molar-refractivity contribution is 5.14. The molecule has 1 unspecified atom stereocenters. The Morgan fingerprint density at radius 3 is 2.60 bits per heavy atom. The van der Waals surface area contributed by atoms with E-state index in [1.165, 1.54) is 5.69 Å². The first-order valence-corrected chi connectivity index (χ1v) is 7.55. The lowest BCUT2D eigenvalue weighted by Crippen LogP contribution is -2.17. The van der Waals surface area contributed by atoms with Crippen LogP contribution in [0.4, 0.5) is 0 Å². The molecule has 20 heavy (non-hydrogen) atoms. The third-order valence-electron chi connectivity index (χ3n) is 4.05. The summed E-state index contributed by atoms with van der Waals surface area (Å²) in [5, 5.41) is 8.02. The van der Waals surface area contributed by atoms with E-state index in [1.54, 1.807) is 0 Å². The molecule has 4 heteroatoms. The Morgan fingerprint density at radius 2 is 1.95 bits per heavy atom. The molecule has 0 spiro atoms. The fourth-order valence-electron chi connectivity index (χ4n) is 2.61. The summed E-state index contributed by atoms with van der Waals surface area (Å²) in [7, 11) is 1.99. The summed E-state index contributed by atoms with van der Waals surface area (Å²) in [6.45, 7) is 7.44. The molecule has 1 atom stereocenters. The van der Waals surface area contributed by atoms with Crippen molar-refractivity contribution in [3.63, 3.8) is 0 Å². The Hall–Kier alpha value is -1.55. The van der Waals surface area contributed by atoms with Gasteiger partial charge in [-0.2, -0.15) is 5.10 Å². The Kier molecular flexibility index (Phi) is 5.01. The van der Waals surface area contributed by atoms with Gasteiger partial charge in [-0.25, -0.2) is 0 Å². The van der Waals surface area contributed by atoms with E-state index >= 15 is 0 Å². The second kappa shape index (κ2) is 6.75. The molecule has 2 aromatic heterocycles. The van der Waals surface area contributed by atoms with E-state index in [0.29, 0.717) is 12.1 Å². The van der Waals surface area contributed by atoms with Crippen molar-refractivity contribution in [1.29, 1.82) is 0 Å². The molecule has 0 saturated carbocycles. The van der Waals surface area contributed by atoms with Gasteiger partial charge in [-0.05, 0) is 45.0 Å². The normalized spacial score (nSPS) is 13.1. The van der Waals surface area contributed by atoms with Crippen LogP contribution in [0.25, 0.3) is 0 Å². The van der Waals surface area contributed by atoms with E-state index in [0.717, 1.165) is 25.1 Å². The maximum absolute atomic E-state index is 4.73. The number of nitrogens with zero attached hydrogens (tertiary/aromatic N) is 3. The molecular formula is C16H26N4. The van der Waals surface area contributed by atoms with E-state index < -0.39 is 0 Å². The van der Waals surface area contributed by atoms with Gasteiger partial charge in [0.25, 0.3) is 0 Å². The molecule has 0 aromatic carbocycles. The number of aromatic nitrogens is 3. The van der Waals surface area contributed by atoms with Gasteiger partial charge >= 0.3 is 0 Å². The Bertz CT molecular complexity index is 522. The van der Waals surface area contributed by atoms with Crippen LogP contribution >= 0.6 is 0 Å². The van der Waals surface area contributed by atoms with Crippen LogP contribution < -0.4 is 5.32 Å². The first-order chi connectivity index (χ1) is 9.69. The van der Waals surface area contributed by atoms with Gasteiger partial charge in [0.15, 0.2) is 0 Å². The van der Waals surface area contributed by atoms with Gasteiger partial charge in [-0.15, -0.1) is 0 Å². The van der Waals surface area contributed by atoms with Crippen molar-refractivity contribution in [3.05, 3.63) is 42.0 Å². The number of rotatable bonds is 7. The molecule has 2 heterocycles. The summed E-state index contributed by atoms with van der Waals surface area (Å²) in [6.07, 6.45) is 6.49. The van der Waals surface area contributed by atoms with Gasteiger partial charge in [-0.1, -0.05) is 13.8 Å². The zero-order valence-electron chi connectivity index (χ0n) is 13.0. The molecule has 0 bridgehead atoms. The number of hydrogen-bond acceptors (Lipinski definition) is 2. The van der Waals surface area contributed by atoms with Crippen LogP contribution in [-0.4, -0.2) is 21.4 Å². The highest BCUT2D eigenvalue weighted by Gasteiger charge is 2.11. The third-order valence-corrected chi connectivity index (χ3v) is 4.05. The molecule has 0 amide bonds. The van der Waals surface area contributed by atoms with Crippen molar-refractivity contribution in [3.8, 4) is 0 Å². The summed E-state index contributed by atoms with van der Waals surface area (Å²) in [5.74, 6) is 0. The van der Waals surface area contributed by atoms with Crippen molar-refractivity contribution < 1.29 is 0 Å². The summed E-state index contributed by atoms with van der Waals surface area (Å²) >= 11 is 0. The minimum Gasteiger partial charge on any atom is -0.344 e. The zero-order valence-corrected chi connectivity index (χ0v) is 13.0. The highest BCUT2D eigenvalue weighted by Crippen LogP contribution is 2.17.